The van der Waals surface area contributed by atoms with Crippen molar-refractivity contribution in [3.05, 3.63) is 16.0 Å². The van der Waals surface area contributed by atoms with Crippen LogP contribution in [0, 0.1) is 5.92 Å². The van der Waals surface area contributed by atoms with Crippen LogP contribution in [-0.4, -0.2) is 45.8 Å². The summed E-state index contributed by atoms with van der Waals surface area (Å²) >= 11 is 1.06. The first-order valence-electron chi connectivity index (χ1n) is 8.15. The summed E-state index contributed by atoms with van der Waals surface area (Å²) in [5, 5.41) is 12.6. The monoisotopic (exact) mass is 374 g/mol. The van der Waals surface area contributed by atoms with Gasteiger partial charge >= 0.3 is 5.97 Å². The number of rotatable bonds is 6. The van der Waals surface area contributed by atoms with Crippen LogP contribution in [0.1, 0.15) is 40.1 Å². The van der Waals surface area contributed by atoms with E-state index in [1.165, 1.54) is 0 Å². The molecule has 1 atom stereocenters. The Bertz CT molecular complexity index is 708. The van der Waals surface area contributed by atoms with E-state index in [1.807, 2.05) is 0 Å². The highest BCUT2D eigenvalue weighted by Crippen LogP contribution is 2.34. The smallest absolute Gasteiger partial charge is 0.338 e. The summed E-state index contributed by atoms with van der Waals surface area (Å²) in [6, 6.07) is 0. The van der Waals surface area contributed by atoms with Crippen LogP contribution in [0.4, 0.5) is 0 Å². The van der Waals surface area contributed by atoms with Gasteiger partial charge in [0.1, 0.15) is 4.21 Å². The van der Waals surface area contributed by atoms with Gasteiger partial charge in [-0.15, -0.1) is 11.3 Å². The van der Waals surface area contributed by atoms with E-state index < -0.39 is 16.0 Å². The van der Waals surface area contributed by atoms with Gasteiger partial charge in [0.15, 0.2) is 0 Å². The molecule has 0 saturated carbocycles. The van der Waals surface area contributed by atoms with Gasteiger partial charge in [-0.05, 0) is 43.7 Å². The Balaban J connectivity index is 1.74. The Morgan fingerprint density at radius 2 is 2.29 bits per heavy atom. The van der Waals surface area contributed by atoms with Gasteiger partial charge in [-0.1, -0.05) is 0 Å². The summed E-state index contributed by atoms with van der Waals surface area (Å²) in [7, 11) is -3.81. The summed E-state index contributed by atoms with van der Waals surface area (Å²) in [5.74, 6) is -0.809. The first-order chi connectivity index (χ1) is 11.5. The third kappa shape index (κ3) is 3.80. The molecular weight excluding hydrogens is 352 g/mol. The minimum Gasteiger partial charge on any atom is -0.478 e. The largest absolute Gasteiger partial charge is 0.478 e. The highest BCUT2D eigenvalue weighted by atomic mass is 32.2. The van der Waals surface area contributed by atoms with Gasteiger partial charge < -0.3 is 15.2 Å². The molecule has 7 nitrogen and oxygen atoms in total. The highest BCUT2D eigenvalue weighted by Gasteiger charge is 2.31. The third-order valence-corrected chi connectivity index (χ3v) is 7.66. The van der Waals surface area contributed by atoms with E-state index in [1.54, 1.807) is 0 Å². The van der Waals surface area contributed by atoms with Crippen molar-refractivity contribution in [2.45, 2.75) is 36.4 Å². The second-order valence-corrected chi connectivity index (χ2v) is 9.24. The molecule has 0 unspecified atom stereocenters. The molecule has 0 amide bonds. The van der Waals surface area contributed by atoms with Crippen LogP contribution >= 0.6 is 11.3 Å². The fourth-order valence-corrected chi connectivity index (χ4v) is 6.17. The molecule has 1 aromatic rings. The molecule has 0 bridgehead atoms. The van der Waals surface area contributed by atoms with Gasteiger partial charge in [0.2, 0.25) is 0 Å². The van der Waals surface area contributed by atoms with Gasteiger partial charge in [-0.25, -0.2) is 17.9 Å². The molecule has 0 spiro atoms. The van der Waals surface area contributed by atoms with Crippen LogP contribution in [0.15, 0.2) is 4.21 Å². The predicted molar refractivity (Wildman–Crippen MR) is 90.0 cm³/mol. The number of fused-ring (bicyclic) bond motifs is 1. The van der Waals surface area contributed by atoms with E-state index in [0.717, 1.165) is 35.7 Å². The maximum absolute atomic E-state index is 12.6. The predicted octanol–water partition coefficient (Wildman–Crippen LogP) is 1.19. The van der Waals surface area contributed by atoms with E-state index in [-0.39, 0.29) is 9.77 Å². The van der Waals surface area contributed by atoms with Crippen molar-refractivity contribution in [1.82, 2.24) is 10.0 Å². The van der Waals surface area contributed by atoms with E-state index in [9.17, 15) is 18.3 Å². The molecule has 3 rings (SSSR count). The van der Waals surface area contributed by atoms with E-state index in [2.05, 4.69) is 10.0 Å². The van der Waals surface area contributed by atoms with Gasteiger partial charge in [0.05, 0.1) is 5.56 Å². The summed E-state index contributed by atoms with van der Waals surface area (Å²) in [6.07, 6.45) is 3.29. The van der Waals surface area contributed by atoms with Gasteiger partial charge in [0.25, 0.3) is 10.0 Å². The molecule has 1 aromatic heterocycles. The lowest BCUT2D eigenvalue weighted by molar-refractivity contribution is 0.0523. The van der Waals surface area contributed by atoms with E-state index >= 15 is 0 Å². The summed E-state index contributed by atoms with van der Waals surface area (Å²) in [6.45, 7) is 2.93. The molecule has 24 heavy (non-hydrogen) atoms. The standard InChI is InChI=1S/C15H22N2O5S2/c18-14(19)13-11-4-5-16-8-12(11)23-15(13)24(20,21)17-6-3-10-2-1-7-22-9-10/h10,16-17H,1-9H2,(H,18,19)/t10-/m0/s1. The number of aromatic carboxylic acids is 1. The summed E-state index contributed by atoms with van der Waals surface area (Å²) in [4.78, 5) is 12.4. The molecule has 1 fully saturated rings. The zero-order chi connectivity index (χ0) is 17.2. The molecule has 3 N–H and O–H groups in total. The first kappa shape index (κ1) is 17.8. The molecule has 9 heteroatoms. The second-order valence-electron chi connectivity index (χ2n) is 6.17. The maximum Gasteiger partial charge on any atom is 0.338 e. The van der Waals surface area contributed by atoms with Crippen molar-refractivity contribution in [2.75, 3.05) is 26.3 Å². The van der Waals surface area contributed by atoms with Crippen molar-refractivity contribution in [3.8, 4) is 0 Å². The molecule has 2 aliphatic rings. The quantitative estimate of drug-likeness (QED) is 0.691. The van der Waals surface area contributed by atoms with Gasteiger partial charge in [-0.3, -0.25) is 0 Å². The third-order valence-electron chi connectivity index (χ3n) is 4.45. The number of carbonyl (C=O) groups is 1. The molecule has 0 aliphatic carbocycles. The number of thiophene rings is 1. The average molecular weight is 374 g/mol. The van der Waals surface area contributed by atoms with Crippen LogP contribution in [0.25, 0.3) is 0 Å². The minimum absolute atomic E-state index is 0.0509. The molecular formula is C15H22N2O5S2. The summed E-state index contributed by atoms with van der Waals surface area (Å²) < 4.78 is 33.1. The number of carboxylic acid groups (broad SMARTS) is 1. The van der Waals surface area contributed by atoms with Gasteiger partial charge in [0, 0.05) is 31.2 Å². The van der Waals surface area contributed by atoms with Gasteiger partial charge in [-0.2, -0.15) is 0 Å². The minimum atomic E-state index is -3.81. The Hall–Kier alpha value is -1.00. The van der Waals surface area contributed by atoms with Crippen LogP contribution in [-0.2, 0) is 27.7 Å². The fourth-order valence-electron chi connectivity index (χ4n) is 3.21. The zero-order valence-electron chi connectivity index (χ0n) is 13.3. The number of hydrogen-bond acceptors (Lipinski definition) is 6. The molecule has 1 saturated heterocycles. The number of nitrogens with one attached hydrogen (secondary N) is 2. The van der Waals surface area contributed by atoms with Crippen LogP contribution in [0.5, 0.6) is 0 Å². The normalized spacial score (nSPS) is 21.4. The van der Waals surface area contributed by atoms with Crippen molar-refractivity contribution >= 4 is 27.3 Å². The first-order valence-corrected chi connectivity index (χ1v) is 10.4. The number of carboxylic acids is 1. The molecule has 2 aliphatic heterocycles. The number of hydrogen-bond donors (Lipinski definition) is 3. The lowest BCUT2D eigenvalue weighted by Gasteiger charge is -2.21. The fraction of sp³-hybridized carbons (Fsp3) is 0.667. The van der Waals surface area contributed by atoms with Crippen LogP contribution in [0.2, 0.25) is 0 Å². The van der Waals surface area contributed by atoms with Crippen molar-refractivity contribution in [2.24, 2.45) is 5.92 Å². The number of sulfonamides is 1. The highest BCUT2D eigenvalue weighted by molar-refractivity contribution is 7.91. The SMILES string of the molecule is O=C(O)c1c(S(=O)(=O)NCC[C@@H]2CCCOC2)sc2c1CCNC2. The lowest BCUT2D eigenvalue weighted by atomic mass is 9.99. The Labute approximate surface area is 145 Å². The molecule has 0 aromatic carbocycles. The topological polar surface area (TPSA) is 105 Å². The molecule has 134 valence electrons. The molecule has 3 heterocycles. The van der Waals surface area contributed by atoms with Crippen molar-refractivity contribution in [3.63, 3.8) is 0 Å². The maximum atomic E-state index is 12.6. The van der Waals surface area contributed by atoms with E-state index in [0.29, 0.717) is 50.6 Å². The molecule has 0 radical (unpaired) electrons. The average Bonchev–Trinajstić information content (AvgIpc) is 2.96. The Morgan fingerprint density at radius 3 is 3.00 bits per heavy atom. The Morgan fingerprint density at radius 1 is 1.46 bits per heavy atom. The van der Waals surface area contributed by atoms with Crippen LogP contribution < -0.4 is 10.0 Å². The van der Waals surface area contributed by atoms with Crippen LogP contribution in [0.3, 0.4) is 0 Å². The van der Waals surface area contributed by atoms with Crippen molar-refractivity contribution in [1.29, 1.82) is 0 Å². The number of ether oxygens (including phenoxy) is 1. The Kier molecular flexibility index (Phi) is 5.56. The zero-order valence-corrected chi connectivity index (χ0v) is 15.0. The van der Waals surface area contributed by atoms with Crippen molar-refractivity contribution < 1.29 is 23.1 Å². The summed E-state index contributed by atoms with van der Waals surface area (Å²) in [5.41, 5.74) is 0.609. The second kappa shape index (κ2) is 7.49. The van der Waals surface area contributed by atoms with E-state index in [4.69, 9.17) is 4.74 Å². The lowest BCUT2D eigenvalue weighted by Crippen LogP contribution is -2.29.